The molecule has 0 unspecified atom stereocenters. The topological polar surface area (TPSA) is 48.1 Å². The number of amides is 1. The van der Waals surface area contributed by atoms with E-state index < -0.39 is 0 Å². The van der Waals surface area contributed by atoms with E-state index in [4.69, 9.17) is 0 Å². The number of para-hydroxylation sites is 2. The summed E-state index contributed by atoms with van der Waals surface area (Å²) >= 11 is 0. The SMILES string of the molecule is O=C(Cc1c[nH]c2ccccc12)Nc1ccc(N2CCc3ccccc32)cc1. The molecule has 0 bridgehead atoms. The maximum absolute atomic E-state index is 12.5. The van der Waals surface area contributed by atoms with E-state index in [1.165, 1.54) is 11.3 Å². The zero-order valence-corrected chi connectivity index (χ0v) is 15.5. The van der Waals surface area contributed by atoms with Crippen LogP contribution >= 0.6 is 0 Å². The maximum atomic E-state index is 12.5. The second-order valence-corrected chi connectivity index (χ2v) is 7.16. The molecule has 1 aliphatic rings. The van der Waals surface area contributed by atoms with Gasteiger partial charge in [-0.2, -0.15) is 0 Å². The smallest absolute Gasteiger partial charge is 0.228 e. The molecule has 0 spiro atoms. The minimum Gasteiger partial charge on any atom is -0.361 e. The Morgan fingerprint density at radius 1 is 0.964 bits per heavy atom. The highest BCUT2D eigenvalue weighted by atomic mass is 16.1. The monoisotopic (exact) mass is 367 g/mol. The number of rotatable bonds is 4. The Morgan fingerprint density at radius 2 is 1.75 bits per heavy atom. The summed E-state index contributed by atoms with van der Waals surface area (Å²) in [6.45, 7) is 0.992. The van der Waals surface area contributed by atoms with Crippen LogP contribution in [0.4, 0.5) is 17.1 Å². The summed E-state index contributed by atoms with van der Waals surface area (Å²) in [6.07, 6.45) is 3.34. The lowest BCUT2D eigenvalue weighted by Gasteiger charge is -2.20. The summed E-state index contributed by atoms with van der Waals surface area (Å²) in [6, 6.07) is 24.7. The molecule has 0 radical (unpaired) electrons. The number of hydrogen-bond acceptors (Lipinski definition) is 2. The molecule has 0 saturated heterocycles. The maximum Gasteiger partial charge on any atom is 0.228 e. The lowest BCUT2D eigenvalue weighted by Crippen LogP contribution is -2.15. The summed E-state index contributed by atoms with van der Waals surface area (Å²) in [4.78, 5) is 18.0. The van der Waals surface area contributed by atoms with Crippen molar-refractivity contribution >= 4 is 33.9 Å². The van der Waals surface area contributed by atoms with E-state index in [1.807, 2.05) is 42.6 Å². The van der Waals surface area contributed by atoms with E-state index in [1.54, 1.807) is 0 Å². The van der Waals surface area contributed by atoms with Crippen LogP contribution in [-0.2, 0) is 17.6 Å². The number of nitrogens with one attached hydrogen (secondary N) is 2. The fourth-order valence-corrected chi connectivity index (χ4v) is 3.99. The van der Waals surface area contributed by atoms with E-state index >= 15 is 0 Å². The van der Waals surface area contributed by atoms with Crippen LogP contribution in [0.5, 0.6) is 0 Å². The highest BCUT2D eigenvalue weighted by Gasteiger charge is 2.19. The van der Waals surface area contributed by atoms with Gasteiger partial charge in [-0.15, -0.1) is 0 Å². The highest BCUT2D eigenvalue weighted by Crippen LogP contribution is 2.34. The Kier molecular flexibility index (Phi) is 4.09. The number of H-pyrrole nitrogens is 1. The molecule has 2 N–H and O–H groups in total. The molecule has 4 heteroatoms. The molecule has 4 aromatic rings. The largest absolute Gasteiger partial charge is 0.361 e. The van der Waals surface area contributed by atoms with E-state index in [2.05, 4.69) is 51.6 Å². The van der Waals surface area contributed by atoms with Crippen LogP contribution in [0.1, 0.15) is 11.1 Å². The molecule has 1 amide bonds. The average Bonchev–Trinajstić information content (AvgIpc) is 3.33. The van der Waals surface area contributed by atoms with Gasteiger partial charge in [-0.25, -0.2) is 0 Å². The van der Waals surface area contributed by atoms with Crippen LogP contribution in [-0.4, -0.2) is 17.4 Å². The molecular formula is C24H21N3O. The minimum atomic E-state index is -0.0102. The first kappa shape index (κ1) is 16.6. The Balaban J connectivity index is 1.28. The van der Waals surface area contributed by atoms with E-state index in [0.717, 1.165) is 40.8 Å². The number of aromatic nitrogens is 1. The van der Waals surface area contributed by atoms with Gasteiger partial charge in [0.05, 0.1) is 6.42 Å². The molecule has 0 fully saturated rings. The first-order chi connectivity index (χ1) is 13.8. The molecule has 138 valence electrons. The first-order valence-electron chi connectivity index (χ1n) is 9.58. The molecular weight excluding hydrogens is 346 g/mol. The predicted octanol–water partition coefficient (Wildman–Crippen LogP) is 5.04. The fourth-order valence-electron chi connectivity index (χ4n) is 3.99. The zero-order chi connectivity index (χ0) is 18.9. The van der Waals surface area contributed by atoms with Crippen LogP contribution in [0.25, 0.3) is 10.9 Å². The number of aromatic amines is 1. The number of hydrogen-bond donors (Lipinski definition) is 2. The minimum absolute atomic E-state index is 0.0102. The van der Waals surface area contributed by atoms with Gasteiger partial charge in [0.2, 0.25) is 5.91 Å². The Morgan fingerprint density at radius 3 is 2.64 bits per heavy atom. The van der Waals surface area contributed by atoms with Crippen molar-refractivity contribution in [2.75, 3.05) is 16.8 Å². The molecule has 3 aromatic carbocycles. The molecule has 5 rings (SSSR count). The van der Waals surface area contributed by atoms with Gasteiger partial charge in [-0.3, -0.25) is 4.79 Å². The average molecular weight is 367 g/mol. The third kappa shape index (κ3) is 3.03. The van der Waals surface area contributed by atoms with Crippen molar-refractivity contribution in [3.05, 3.63) is 90.1 Å². The summed E-state index contributed by atoms with van der Waals surface area (Å²) in [7, 11) is 0. The number of nitrogens with zero attached hydrogens (tertiary/aromatic N) is 1. The third-order valence-electron chi connectivity index (χ3n) is 5.38. The van der Waals surface area contributed by atoms with Crippen LogP contribution in [0, 0.1) is 0 Å². The van der Waals surface area contributed by atoms with Gasteiger partial charge in [0, 0.05) is 40.7 Å². The number of anilines is 3. The quantitative estimate of drug-likeness (QED) is 0.531. The number of carbonyl (C=O) groups excluding carboxylic acids is 1. The van der Waals surface area contributed by atoms with Crippen molar-refractivity contribution in [3.63, 3.8) is 0 Å². The second kappa shape index (κ2) is 6.89. The highest BCUT2D eigenvalue weighted by molar-refractivity contribution is 5.96. The van der Waals surface area contributed by atoms with E-state index in [0.29, 0.717) is 6.42 Å². The number of benzene rings is 3. The predicted molar refractivity (Wildman–Crippen MR) is 114 cm³/mol. The number of carbonyl (C=O) groups is 1. The van der Waals surface area contributed by atoms with Crippen molar-refractivity contribution in [3.8, 4) is 0 Å². The van der Waals surface area contributed by atoms with Crippen molar-refractivity contribution in [1.29, 1.82) is 0 Å². The van der Waals surface area contributed by atoms with Crippen LogP contribution in [0.2, 0.25) is 0 Å². The zero-order valence-electron chi connectivity index (χ0n) is 15.5. The molecule has 1 aliphatic heterocycles. The van der Waals surface area contributed by atoms with Crippen LogP contribution < -0.4 is 10.2 Å². The second-order valence-electron chi connectivity index (χ2n) is 7.16. The van der Waals surface area contributed by atoms with Crippen molar-refractivity contribution < 1.29 is 4.79 Å². The van der Waals surface area contributed by atoms with Crippen molar-refractivity contribution in [2.24, 2.45) is 0 Å². The van der Waals surface area contributed by atoms with Crippen LogP contribution in [0.3, 0.4) is 0 Å². The fraction of sp³-hybridized carbons (Fsp3) is 0.125. The molecule has 0 aliphatic carbocycles. The Bertz CT molecular complexity index is 1140. The summed E-state index contributed by atoms with van der Waals surface area (Å²) in [5.41, 5.74) is 6.71. The molecule has 0 saturated carbocycles. The van der Waals surface area contributed by atoms with E-state index in [9.17, 15) is 4.79 Å². The Labute approximate surface area is 163 Å². The molecule has 1 aromatic heterocycles. The normalized spacial score (nSPS) is 12.9. The molecule has 28 heavy (non-hydrogen) atoms. The van der Waals surface area contributed by atoms with E-state index in [-0.39, 0.29) is 5.91 Å². The van der Waals surface area contributed by atoms with Gasteiger partial charge in [-0.05, 0) is 53.9 Å². The summed E-state index contributed by atoms with van der Waals surface area (Å²) < 4.78 is 0. The molecule has 0 atom stereocenters. The van der Waals surface area contributed by atoms with Crippen LogP contribution in [0.15, 0.2) is 79.0 Å². The van der Waals surface area contributed by atoms with Gasteiger partial charge in [0.1, 0.15) is 0 Å². The van der Waals surface area contributed by atoms with Gasteiger partial charge in [0.15, 0.2) is 0 Å². The van der Waals surface area contributed by atoms with Crippen molar-refractivity contribution in [1.82, 2.24) is 4.98 Å². The summed E-state index contributed by atoms with van der Waals surface area (Å²) in [5.74, 6) is -0.0102. The van der Waals surface area contributed by atoms with Gasteiger partial charge in [0.25, 0.3) is 0 Å². The molecule has 4 nitrogen and oxygen atoms in total. The lowest BCUT2D eigenvalue weighted by molar-refractivity contribution is -0.115. The number of fused-ring (bicyclic) bond motifs is 2. The Hall–Kier alpha value is -3.53. The standard InChI is InChI=1S/C24H21N3O/c28-24(15-18-16-25-22-7-3-2-6-21(18)22)26-19-9-11-20(12-10-19)27-14-13-17-5-1-4-8-23(17)27/h1-12,16,25H,13-15H2,(H,26,28). The molecule has 2 heterocycles. The van der Waals surface area contributed by atoms with Crippen molar-refractivity contribution in [2.45, 2.75) is 12.8 Å². The first-order valence-corrected chi connectivity index (χ1v) is 9.58. The van der Waals surface area contributed by atoms with Gasteiger partial charge < -0.3 is 15.2 Å². The third-order valence-corrected chi connectivity index (χ3v) is 5.38. The lowest BCUT2D eigenvalue weighted by atomic mass is 10.1. The van der Waals surface area contributed by atoms with Gasteiger partial charge >= 0.3 is 0 Å². The van der Waals surface area contributed by atoms with Gasteiger partial charge in [-0.1, -0.05) is 36.4 Å². The summed E-state index contributed by atoms with van der Waals surface area (Å²) in [5, 5.41) is 4.11.